The van der Waals surface area contributed by atoms with Gasteiger partial charge in [-0.05, 0) is 12.5 Å². The first-order valence-electron chi connectivity index (χ1n) is 10.5. The largest absolute Gasteiger partial charge is 0.500 e. The Kier molecular flexibility index (Phi) is 4.88. The lowest BCUT2D eigenvalue weighted by atomic mass is 9.78. The minimum atomic E-state index is -0.328. The maximum absolute atomic E-state index is 12.3. The second-order valence-corrected chi connectivity index (χ2v) is 8.22. The molecule has 7 heteroatoms. The molecule has 31 heavy (non-hydrogen) atoms. The summed E-state index contributed by atoms with van der Waals surface area (Å²) in [5.74, 6) is -0.307. The molecule has 0 radical (unpaired) electrons. The molecular weight excluding hydrogens is 396 g/mol. The Morgan fingerprint density at radius 1 is 1.23 bits per heavy atom. The van der Waals surface area contributed by atoms with Crippen LogP contribution in [-0.2, 0) is 43.2 Å². The number of nitrogens with zero attached hydrogens (tertiary/aromatic N) is 1. The van der Waals surface area contributed by atoms with E-state index in [1.165, 1.54) is 14.2 Å². The molecule has 2 aromatic heterocycles. The molecule has 0 spiro atoms. The standard InChI is InChI=1S/C24H24N2O5/c1-29-21(27)8-7-14-10-26-11-15-12-31-13-18(24(28)30-2)17(15)9-20(26)23-22(14)16-5-3-4-6-19(16)25-23/h3-6,10,13,15,17H,7-9,11-12H2,1-2H3/p+1/t15-,17?/m1/s1. The SMILES string of the molecule is COC(=O)CCc1c[n+]2c(c3[nH]c4ccccc4c13)CC1C(C(=O)OC)=COC[C@H]1C2. The lowest BCUT2D eigenvalue weighted by molar-refractivity contribution is -0.717. The van der Waals surface area contributed by atoms with E-state index < -0.39 is 0 Å². The molecule has 2 aliphatic rings. The highest BCUT2D eigenvalue weighted by Crippen LogP contribution is 2.37. The van der Waals surface area contributed by atoms with Crippen molar-refractivity contribution in [2.75, 3.05) is 20.8 Å². The van der Waals surface area contributed by atoms with E-state index in [1.54, 1.807) is 6.26 Å². The third kappa shape index (κ3) is 3.24. The van der Waals surface area contributed by atoms with Gasteiger partial charge in [0.15, 0.2) is 12.7 Å². The molecule has 1 aromatic carbocycles. The van der Waals surface area contributed by atoms with Gasteiger partial charge in [0.25, 0.3) is 0 Å². The number of methoxy groups -OCH3 is 2. The molecule has 2 aliphatic heterocycles. The number of aromatic amines is 1. The maximum Gasteiger partial charge on any atom is 0.337 e. The molecule has 5 rings (SSSR count). The number of hydrogen-bond donors (Lipinski definition) is 1. The maximum atomic E-state index is 12.3. The number of pyridine rings is 1. The zero-order valence-electron chi connectivity index (χ0n) is 17.6. The van der Waals surface area contributed by atoms with Crippen LogP contribution >= 0.6 is 0 Å². The van der Waals surface area contributed by atoms with Gasteiger partial charge in [-0.15, -0.1) is 0 Å². The molecule has 160 valence electrons. The minimum Gasteiger partial charge on any atom is -0.500 e. The van der Waals surface area contributed by atoms with Gasteiger partial charge in [-0.3, -0.25) is 4.79 Å². The summed E-state index contributed by atoms with van der Waals surface area (Å²) in [6.07, 6.45) is 5.37. The second kappa shape index (κ2) is 7.72. The van der Waals surface area contributed by atoms with Gasteiger partial charge in [0, 0.05) is 40.6 Å². The summed E-state index contributed by atoms with van der Waals surface area (Å²) in [4.78, 5) is 27.8. The summed E-state index contributed by atoms with van der Waals surface area (Å²) in [6, 6.07) is 8.21. The van der Waals surface area contributed by atoms with E-state index in [1.807, 2.05) is 12.1 Å². The molecule has 2 atom stereocenters. The van der Waals surface area contributed by atoms with Crippen LogP contribution in [0.5, 0.6) is 0 Å². The molecule has 0 saturated heterocycles. The van der Waals surface area contributed by atoms with Crippen LogP contribution in [0.4, 0.5) is 0 Å². The summed E-state index contributed by atoms with van der Waals surface area (Å²) in [7, 11) is 2.82. The van der Waals surface area contributed by atoms with Crippen LogP contribution in [0.15, 0.2) is 42.3 Å². The molecule has 0 saturated carbocycles. The molecule has 0 fully saturated rings. The van der Waals surface area contributed by atoms with Crippen LogP contribution in [0.3, 0.4) is 0 Å². The normalized spacial score (nSPS) is 19.9. The minimum absolute atomic E-state index is 0.0525. The summed E-state index contributed by atoms with van der Waals surface area (Å²) in [5, 5.41) is 2.28. The lowest BCUT2D eigenvalue weighted by Crippen LogP contribution is -2.52. The fourth-order valence-corrected chi connectivity index (χ4v) is 5.03. The van der Waals surface area contributed by atoms with E-state index in [0.717, 1.165) is 46.0 Å². The van der Waals surface area contributed by atoms with Crippen molar-refractivity contribution in [1.82, 2.24) is 4.98 Å². The highest BCUT2D eigenvalue weighted by Gasteiger charge is 2.43. The summed E-state index contributed by atoms with van der Waals surface area (Å²) in [6.45, 7) is 1.31. The molecule has 4 heterocycles. The Bertz CT molecular complexity index is 1230. The Morgan fingerprint density at radius 3 is 2.87 bits per heavy atom. The third-order valence-electron chi connectivity index (χ3n) is 6.55. The Labute approximate surface area is 179 Å². The van der Waals surface area contributed by atoms with E-state index in [4.69, 9.17) is 14.2 Å². The van der Waals surface area contributed by atoms with Gasteiger partial charge >= 0.3 is 11.9 Å². The monoisotopic (exact) mass is 421 g/mol. The Morgan fingerprint density at radius 2 is 2.06 bits per heavy atom. The lowest BCUT2D eigenvalue weighted by Gasteiger charge is -2.32. The van der Waals surface area contributed by atoms with Crippen LogP contribution in [0, 0.1) is 11.8 Å². The number of aryl methyl sites for hydroxylation is 1. The van der Waals surface area contributed by atoms with E-state index >= 15 is 0 Å². The summed E-state index contributed by atoms with van der Waals surface area (Å²) >= 11 is 0. The average molecular weight is 421 g/mol. The number of aromatic nitrogens is 2. The Hall–Kier alpha value is -3.35. The zero-order chi connectivity index (χ0) is 21.5. The molecule has 3 aromatic rings. The van der Waals surface area contributed by atoms with E-state index in [9.17, 15) is 9.59 Å². The summed E-state index contributed by atoms with van der Waals surface area (Å²) < 4.78 is 17.7. The molecule has 0 aliphatic carbocycles. The molecule has 0 amide bonds. The number of carbonyl (C=O) groups excluding carboxylic acids is 2. The number of benzene rings is 1. The zero-order valence-corrected chi connectivity index (χ0v) is 17.6. The van der Waals surface area contributed by atoms with Crippen LogP contribution in [0.2, 0.25) is 0 Å². The topological polar surface area (TPSA) is 81.5 Å². The van der Waals surface area contributed by atoms with E-state index in [0.29, 0.717) is 25.0 Å². The first-order valence-corrected chi connectivity index (χ1v) is 10.5. The third-order valence-corrected chi connectivity index (χ3v) is 6.55. The first-order chi connectivity index (χ1) is 15.1. The average Bonchev–Trinajstić information content (AvgIpc) is 3.20. The van der Waals surface area contributed by atoms with Crippen molar-refractivity contribution < 1.29 is 28.4 Å². The van der Waals surface area contributed by atoms with Crippen molar-refractivity contribution in [2.24, 2.45) is 11.8 Å². The van der Waals surface area contributed by atoms with E-state index in [2.05, 4.69) is 27.9 Å². The number of para-hydroxylation sites is 1. The van der Waals surface area contributed by atoms with E-state index in [-0.39, 0.29) is 23.8 Å². The van der Waals surface area contributed by atoms with Crippen molar-refractivity contribution in [3.63, 3.8) is 0 Å². The van der Waals surface area contributed by atoms with Crippen LogP contribution in [0.25, 0.3) is 21.8 Å². The van der Waals surface area contributed by atoms with Crippen LogP contribution in [-0.4, -0.2) is 37.7 Å². The molecular formula is C24H25N2O5+. The molecule has 1 N–H and O–H groups in total. The number of esters is 2. The van der Waals surface area contributed by atoms with Crippen molar-refractivity contribution in [2.45, 2.75) is 25.8 Å². The van der Waals surface area contributed by atoms with Gasteiger partial charge in [0.1, 0.15) is 5.52 Å². The van der Waals surface area contributed by atoms with Crippen LogP contribution in [0.1, 0.15) is 17.7 Å². The van der Waals surface area contributed by atoms with Gasteiger partial charge in [0.05, 0.1) is 38.6 Å². The predicted molar refractivity (Wildman–Crippen MR) is 113 cm³/mol. The second-order valence-electron chi connectivity index (χ2n) is 8.22. The van der Waals surface area contributed by atoms with Crippen molar-refractivity contribution >= 4 is 33.7 Å². The Balaban J connectivity index is 1.65. The van der Waals surface area contributed by atoms with Gasteiger partial charge in [-0.2, -0.15) is 4.57 Å². The molecule has 7 nitrogen and oxygen atoms in total. The molecule has 0 bridgehead atoms. The van der Waals surface area contributed by atoms with Gasteiger partial charge in [0.2, 0.25) is 5.69 Å². The highest BCUT2D eigenvalue weighted by atomic mass is 16.5. The van der Waals surface area contributed by atoms with Gasteiger partial charge < -0.3 is 19.2 Å². The molecule has 1 unspecified atom stereocenters. The van der Waals surface area contributed by atoms with Crippen molar-refractivity contribution in [3.8, 4) is 0 Å². The first kappa shape index (κ1) is 19.6. The van der Waals surface area contributed by atoms with Crippen molar-refractivity contribution in [1.29, 1.82) is 0 Å². The highest BCUT2D eigenvalue weighted by molar-refractivity contribution is 6.09. The number of rotatable bonds is 4. The number of carbonyl (C=O) groups is 2. The number of ether oxygens (including phenoxy) is 3. The van der Waals surface area contributed by atoms with Gasteiger partial charge in [-0.25, -0.2) is 4.79 Å². The number of H-pyrrole nitrogens is 1. The fraction of sp³-hybridized carbons (Fsp3) is 0.375. The summed E-state index contributed by atoms with van der Waals surface area (Å²) in [5.41, 5.74) is 5.00. The fourth-order valence-electron chi connectivity index (χ4n) is 5.03. The van der Waals surface area contributed by atoms with Crippen molar-refractivity contribution in [3.05, 3.63) is 53.6 Å². The number of fused-ring (bicyclic) bond motifs is 6. The number of hydrogen-bond acceptors (Lipinski definition) is 5. The quantitative estimate of drug-likeness (QED) is 0.517. The number of nitrogens with one attached hydrogen (secondary N) is 1. The van der Waals surface area contributed by atoms with Gasteiger partial charge in [-0.1, -0.05) is 18.2 Å². The smallest absolute Gasteiger partial charge is 0.337 e. The predicted octanol–water partition coefficient (Wildman–Crippen LogP) is 2.59. The van der Waals surface area contributed by atoms with Crippen LogP contribution < -0.4 is 4.57 Å².